The number of nitrogens with zero attached hydrogens (tertiary/aromatic N) is 2. The summed E-state index contributed by atoms with van der Waals surface area (Å²) in [6, 6.07) is 19.6. The minimum Gasteiger partial charge on any atom is -0.383 e. The molecule has 2 aromatic carbocycles. The van der Waals surface area contributed by atoms with Gasteiger partial charge in [-0.15, -0.1) is 0 Å². The van der Waals surface area contributed by atoms with Gasteiger partial charge in [0.1, 0.15) is 0 Å². The molecule has 0 spiro atoms. The third-order valence-electron chi connectivity index (χ3n) is 5.58. The molecule has 0 amide bonds. The fraction of sp³-hybridized carbons (Fsp3) is 0.480. The number of benzene rings is 2. The van der Waals surface area contributed by atoms with E-state index in [4.69, 9.17) is 9.73 Å². The van der Waals surface area contributed by atoms with Gasteiger partial charge in [-0.1, -0.05) is 42.5 Å². The summed E-state index contributed by atoms with van der Waals surface area (Å²) in [7, 11) is 1.71. The first kappa shape index (κ1) is 23.1. The van der Waals surface area contributed by atoms with Gasteiger partial charge in [0.05, 0.1) is 19.2 Å². The van der Waals surface area contributed by atoms with Crippen LogP contribution in [-0.4, -0.2) is 57.3 Å². The Labute approximate surface area is 187 Å². The second-order valence-electron chi connectivity index (χ2n) is 7.86. The Balaban J connectivity index is 1.59. The third-order valence-corrected chi connectivity index (χ3v) is 5.58. The molecule has 6 heteroatoms. The summed E-state index contributed by atoms with van der Waals surface area (Å²) in [4.78, 5) is 7.40. The molecule has 1 unspecified atom stereocenters. The van der Waals surface area contributed by atoms with E-state index in [1.165, 1.54) is 37.1 Å². The molecule has 3 N–H and O–H groups in total. The fourth-order valence-corrected chi connectivity index (χ4v) is 3.92. The van der Waals surface area contributed by atoms with Crippen molar-refractivity contribution in [3.63, 3.8) is 0 Å². The summed E-state index contributed by atoms with van der Waals surface area (Å²) in [6.07, 6.45) is 2.57. The molecule has 0 aromatic heterocycles. The summed E-state index contributed by atoms with van der Waals surface area (Å²) < 4.78 is 5.08. The van der Waals surface area contributed by atoms with Gasteiger partial charge in [0, 0.05) is 32.4 Å². The Hall–Kier alpha value is -2.57. The highest BCUT2D eigenvalue weighted by molar-refractivity contribution is 5.79. The van der Waals surface area contributed by atoms with Crippen LogP contribution in [0.15, 0.2) is 59.6 Å². The van der Waals surface area contributed by atoms with Gasteiger partial charge in [0.2, 0.25) is 0 Å². The summed E-state index contributed by atoms with van der Waals surface area (Å²) in [6.45, 7) is 8.28. The number of aliphatic imine (C=N–C) groups is 1. The Morgan fingerprint density at radius 3 is 2.45 bits per heavy atom. The quantitative estimate of drug-likeness (QED) is 0.293. The molecule has 3 rings (SSSR count). The van der Waals surface area contributed by atoms with E-state index < -0.39 is 0 Å². The van der Waals surface area contributed by atoms with Crippen LogP contribution < -0.4 is 16.0 Å². The maximum absolute atomic E-state index is 5.08. The largest absolute Gasteiger partial charge is 0.383 e. The number of hydrogen-bond acceptors (Lipinski definition) is 4. The molecule has 0 saturated carbocycles. The van der Waals surface area contributed by atoms with E-state index in [9.17, 15) is 0 Å². The lowest BCUT2D eigenvalue weighted by atomic mass is 10.1. The predicted octanol–water partition coefficient (Wildman–Crippen LogP) is 3.64. The molecular weight excluding hydrogens is 386 g/mol. The molecule has 6 nitrogen and oxygen atoms in total. The first-order valence-corrected chi connectivity index (χ1v) is 11.4. The average molecular weight is 424 g/mol. The van der Waals surface area contributed by atoms with Crippen molar-refractivity contribution in [3.8, 4) is 0 Å². The second kappa shape index (κ2) is 13.0. The molecule has 1 atom stereocenters. The number of rotatable bonds is 11. The highest BCUT2D eigenvalue weighted by Gasteiger charge is 2.23. The Morgan fingerprint density at radius 2 is 1.77 bits per heavy atom. The van der Waals surface area contributed by atoms with E-state index in [1.807, 2.05) is 0 Å². The van der Waals surface area contributed by atoms with Crippen LogP contribution >= 0.6 is 0 Å². The molecule has 0 radical (unpaired) electrons. The zero-order valence-electron chi connectivity index (χ0n) is 18.9. The van der Waals surface area contributed by atoms with Crippen LogP contribution in [-0.2, 0) is 11.3 Å². The van der Waals surface area contributed by atoms with Gasteiger partial charge < -0.3 is 20.7 Å². The summed E-state index contributed by atoms with van der Waals surface area (Å²) in [5.74, 6) is 0.866. The van der Waals surface area contributed by atoms with Crippen molar-refractivity contribution in [1.82, 2.24) is 15.5 Å². The van der Waals surface area contributed by atoms with Crippen LogP contribution in [0.1, 0.15) is 36.9 Å². The normalized spacial score (nSPS) is 15.6. The molecular formula is C25H37N5O. The first-order chi connectivity index (χ1) is 15.3. The van der Waals surface area contributed by atoms with Gasteiger partial charge in [0.15, 0.2) is 5.96 Å². The zero-order valence-corrected chi connectivity index (χ0v) is 18.9. The highest BCUT2D eigenvalue weighted by atomic mass is 16.5. The Bertz CT molecular complexity index is 772. The molecule has 1 heterocycles. The number of ether oxygens (including phenoxy) is 1. The van der Waals surface area contributed by atoms with E-state index >= 15 is 0 Å². The van der Waals surface area contributed by atoms with Gasteiger partial charge in [-0.25, -0.2) is 4.99 Å². The van der Waals surface area contributed by atoms with Crippen molar-refractivity contribution < 1.29 is 4.74 Å². The number of anilines is 1. The van der Waals surface area contributed by atoms with Crippen molar-refractivity contribution in [2.45, 2.75) is 32.4 Å². The SMILES string of the molecule is CCNC(=NCc1ccc(NCCOC)cc1)NCC(c1ccccc1)N1CCCC1. The molecule has 1 fully saturated rings. The maximum atomic E-state index is 5.08. The minimum absolute atomic E-state index is 0.366. The smallest absolute Gasteiger partial charge is 0.191 e. The fourth-order valence-electron chi connectivity index (χ4n) is 3.92. The van der Waals surface area contributed by atoms with Crippen LogP contribution in [0.4, 0.5) is 5.69 Å². The van der Waals surface area contributed by atoms with Crippen molar-refractivity contribution in [3.05, 3.63) is 65.7 Å². The topological polar surface area (TPSA) is 60.9 Å². The zero-order chi connectivity index (χ0) is 21.7. The molecule has 1 saturated heterocycles. The van der Waals surface area contributed by atoms with Gasteiger partial charge in [0.25, 0.3) is 0 Å². The Kier molecular flexibility index (Phi) is 9.67. The lowest BCUT2D eigenvalue weighted by Gasteiger charge is -2.29. The molecule has 168 valence electrons. The van der Waals surface area contributed by atoms with E-state index in [0.29, 0.717) is 19.2 Å². The highest BCUT2D eigenvalue weighted by Crippen LogP contribution is 2.24. The van der Waals surface area contributed by atoms with Crippen LogP contribution in [0.25, 0.3) is 0 Å². The molecule has 31 heavy (non-hydrogen) atoms. The number of guanidine groups is 1. The molecule has 2 aromatic rings. The molecule has 1 aliphatic rings. The second-order valence-corrected chi connectivity index (χ2v) is 7.86. The summed E-state index contributed by atoms with van der Waals surface area (Å²) in [5.41, 5.74) is 3.66. The average Bonchev–Trinajstić information content (AvgIpc) is 3.34. The van der Waals surface area contributed by atoms with E-state index in [0.717, 1.165) is 31.3 Å². The first-order valence-electron chi connectivity index (χ1n) is 11.4. The summed E-state index contributed by atoms with van der Waals surface area (Å²) in [5, 5.41) is 10.3. The van der Waals surface area contributed by atoms with Crippen molar-refractivity contribution in [1.29, 1.82) is 0 Å². The number of nitrogens with one attached hydrogen (secondary N) is 3. The summed E-state index contributed by atoms with van der Waals surface area (Å²) >= 11 is 0. The van der Waals surface area contributed by atoms with E-state index in [2.05, 4.69) is 82.4 Å². The van der Waals surface area contributed by atoms with Gasteiger partial charge in [-0.2, -0.15) is 0 Å². The van der Waals surface area contributed by atoms with Crippen LogP contribution in [0.5, 0.6) is 0 Å². The molecule has 1 aliphatic heterocycles. The minimum atomic E-state index is 0.366. The number of methoxy groups -OCH3 is 1. The van der Waals surface area contributed by atoms with Gasteiger partial charge in [-0.3, -0.25) is 4.90 Å². The third kappa shape index (κ3) is 7.56. The van der Waals surface area contributed by atoms with Crippen molar-refractivity contribution >= 4 is 11.6 Å². The van der Waals surface area contributed by atoms with Crippen LogP contribution in [0.2, 0.25) is 0 Å². The van der Waals surface area contributed by atoms with E-state index in [1.54, 1.807) is 7.11 Å². The lowest BCUT2D eigenvalue weighted by Crippen LogP contribution is -2.42. The lowest BCUT2D eigenvalue weighted by molar-refractivity contribution is 0.211. The Morgan fingerprint density at radius 1 is 1.03 bits per heavy atom. The van der Waals surface area contributed by atoms with Gasteiger partial charge >= 0.3 is 0 Å². The molecule has 0 aliphatic carbocycles. The van der Waals surface area contributed by atoms with Gasteiger partial charge in [-0.05, 0) is 56.1 Å². The maximum Gasteiger partial charge on any atom is 0.191 e. The standard InChI is InChI=1S/C25H37N5O/c1-3-26-25(28-19-21-11-13-23(14-12-21)27-15-18-31-2)29-20-24(30-16-7-8-17-30)22-9-5-4-6-10-22/h4-6,9-14,24,27H,3,7-8,15-20H2,1-2H3,(H2,26,28,29). The van der Waals surface area contributed by atoms with E-state index in [-0.39, 0.29) is 0 Å². The van der Waals surface area contributed by atoms with Crippen molar-refractivity contribution in [2.75, 3.05) is 51.8 Å². The number of likely N-dealkylation sites (tertiary alicyclic amines) is 1. The number of hydrogen-bond donors (Lipinski definition) is 3. The predicted molar refractivity (Wildman–Crippen MR) is 130 cm³/mol. The van der Waals surface area contributed by atoms with Crippen LogP contribution in [0, 0.1) is 0 Å². The van der Waals surface area contributed by atoms with Crippen molar-refractivity contribution in [2.24, 2.45) is 4.99 Å². The van der Waals surface area contributed by atoms with Crippen LogP contribution in [0.3, 0.4) is 0 Å². The monoisotopic (exact) mass is 423 g/mol. The molecule has 0 bridgehead atoms.